The average Bonchev–Trinajstić information content (AvgIpc) is 3.68. The number of benzene rings is 3. The predicted molar refractivity (Wildman–Crippen MR) is 210 cm³/mol. The summed E-state index contributed by atoms with van der Waals surface area (Å²) in [5.41, 5.74) is 21.0. The SMILES string of the molecule is C=C(/C=C\C=C/N)C1=CC(C)(C)c2ccccc2C(C)=C1.CC.CC.CCc1ccccc1.Nc1cccc2c3c(sc12)CC=C3. The lowest BCUT2D eigenvalue weighted by molar-refractivity contribution is 0.666. The molecule has 2 aliphatic rings. The largest absolute Gasteiger partial charge is 0.405 e. The average molecular weight is 631 g/mol. The van der Waals surface area contributed by atoms with Gasteiger partial charge in [-0.2, -0.15) is 0 Å². The summed E-state index contributed by atoms with van der Waals surface area (Å²) in [7, 11) is 0. The minimum atomic E-state index is -0.0271. The van der Waals surface area contributed by atoms with Crippen LogP contribution in [-0.4, -0.2) is 0 Å². The van der Waals surface area contributed by atoms with Crippen molar-refractivity contribution >= 4 is 38.8 Å². The van der Waals surface area contributed by atoms with Crippen molar-refractivity contribution in [2.75, 3.05) is 5.73 Å². The van der Waals surface area contributed by atoms with Gasteiger partial charge in [0.2, 0.25) is 0 Å². The fraction of sp³-hybridized carbons (Fsp3) is 0.256. The van der Waals surface area contributed by atoms with Crippen LogP contribution in [0, 0.1) is 0 Å². The van der Waals surface area contributed by atoms with Crippen LogP contribution in [0.2, 0.25) is 0 Å². The Balaban J connectivity index is 0.000000249. The maximum absolute atomic E-state index is 5.90. The molecule has 2 aliphatic carbocycles. The molecule has 0 radical (unpaired) electrons. The van der Waals surface area contributed by atoms with Gasteiger partial charge in [0.15, 0.2) is 0 Å². The van der Waals surface area contributed by atoms with Gasteiger partial charge in [0, 0.05) is 27.8 Å². The summed E-state index contributed by atoms with van der Waals surface area (Å²) in [6, 6.07) is 25.2. The number of anilines is 1. The molecule has 0 aliphatic heterocycles. The Morgan fingerprint density at radius 2 is 1.59 bits per heavy atom. The normalized spacial score (nSPS) is 13.7. The molecule has 0 saturated heterocycles. The molecule has 0 spiro atoms. The first-order valence-electron chi connectivity index (χ1n) is 16.5. The molecule has 4 aromatic rings. The summed E-state index contributed by atoms with van der Waals surface area (Å²) in [4.78, 5) is 1.45. The fourth-order valence-corrected chi connectivity index (χ4v) is 6.45. The monoisotopic (exact) mass is 630 g/mol. The second kappa shape index (κ2) is 19.2. The molecular formula is C43H54N2S. The Kier molecular flexibility index (Phi) is 15.8. The van der Waals surface area contributed by atoms with E-state index < -0.39 is 0 Å². The molecule has 0 saturated carbocycles. The second-order valence-corrected chi connectivity index (χ2v) is 12.2. The Bertz CT molecular complexity index is 1690. The molecule has 3 heteroatoms. The summed E-state index contributed by atoms with van der Waals surface area (Å²) in [6.07, 6.45) is 18.4. The fourth-order valence-electron chi connectivity index (χ4n) is 5.27. The molecule has 0 unspecified atom stereocenters. The highest BCUT2D eigenvalue weighted by atomic mass is 32.1. The number of allylic oxidation sites excluding steroid dienone is 9. The van der Waals surface area contributed by atoms with Crippen LogP contribution >= 0.6 is 11.3 Å². The van der Waals surface area contributed by atoms with Crippen LogP contribution < -0.4 is 11.5 Å². The van der Waals surface area contributed by atoms with Crippen molar-refractivity contribution in [3.63, 3.8) is 0 Å². The lowest BCUT2D eigenvalue weighted by Crippen LogP contribution is -2.15. The maximum Gasteiger partial charge on any atom is 0.0581 e. The van der Waals surface area contributed by atoms with Gasteiger partial charge in [-0.25, -0.2) is 0 Å². The van der Waals surface area contributed by atoms with E-state index in [1.807, 2.05) is 69.4 Å². The number of hydrogen-bond acceptors (Lipinski definition) is 3. The van der Waals surface area contributed by atoms with Gasteiger partial charge in [0.1, 0.15) is 0 Å². The van der Waals surface area contributed by atoms with E-state index in [1.165, 1.54) is 49.0 Å². The highest BCUT2D eigenvalue weighted by Crippen LogP contribution is 2.39. The molecule has 6 rings (SSSR count). The van der Waals surface area contributed by atoms with Crippen molar-refractivity contribution in [3.8, 4) is 0 Å². The van der Waals surface area contributed by atoms with E-state index in [0.29, 0.717) is 0 Å². The molecule has 0 amide bonds. The first-order valence-corrected chi connectivity index (χ1v) is 17.3. The summed E-state index contributed by atoms with van der Waals surface area (Å²) in [5.74, 6) is 0. The zero-order valence-corrected chi connectivity index (χ0v) is 30.0. The van der Waals surface area contributed by atoms with E-state index in [2.05, 4.69) is 113 Å². The quantitative estimate of drug-likeness (QED) is 0.174. The van der Waals surface area contributed by atoms with E-state index in [-0.39, 0.29) is 5.41 Å². The van der Waals surface area contributed by atoms with E-state index in [0.717, 1.165) is 29.7 Å². The van der Waals surface area contributed by atoms with Gasteiger partial charge >= 0.3 is 0 Å². The Morgan fingerprint density at radius 1 is 0.913 bits per heavy atom. The van der Waals surface area contributed by atoms with Crippen molar-refractivity contribution in [1.82, 2.24) is 0 Å². The molecule has 2 nitrogen and oxygen atoms in total. The molecule has 0 fully saturated rings. The van der Waals surface area contributed by atoms with Crippen LogP contribution in [0.25, 0.3) is 21.7 Å². The summed E-state index contributed by atoms with van der Waals surface area (Å²) >= 11 is 1.83. The molecule has 46 heavy (non-hydrogen) atoms. The van der Waals surface area contributed by atoms with Gasteiger partial charge in [-0.15, -0.1) is 11.3 Å². The molecule has 1 heterocycles. The number of nitrogen functional groups attached to an aromatic ring is 1. The third-order valence-corrected chi connectivity index (χ3v) is 8.82. The van der Waals surface area contributed by atoms with Gasteiger partial charge in [0.05, 0.1) is 4.70 Å². The van der Waals surface area contributed by atoms with Crippen LogP contribution in [0.4, 0.5) is 5.69 Å². The molecule has 0 bridgehead atoms. The zero-order valence-electron chi connectivity index (χ0n) is 29.2. The van der Waals surface area contributed by atoms with E-state index in [1.54, 1.807) is 6.08 Å². The third-order valence-electron chi connectivity index (χ3n) is 7.53. The lowest BCUT2D eigenvalue weighted by Gasteiger charge is -2.23. The number of rotatable bonds is 4. The molecular weight excluding hydrogens is 577 g/mol. The standard InChI is InChI=1S/C20H23N.C11H9NS.C8H10.2C2H6/c1-15(9-7-8-12-21)17-13-16(2)18-10-5-6-11-19(18)20(3,4)14-17;12-9-5-1-4-8-7-3-2-6-10(7)13-11(8)9;1-2-8-6-4-3-5-7-8;2*1-2/h5-14H,1,21H2,2-4H3;1-5H,6,12H2;3-7H,2H2,1H3;2*1-2H3/b9-7-,12-8-;;;;. The lowest BCUT2D eigenvalue weighted by atomic mass is 9.80. The van der Waals surface area contributed by atoms with Crippen LogP contribution in [0.5, 0.6) is 0 Å². The number of nitrogens with two attached hydrogens (primary N) is 2. The van der Waals surface area contributed by atoms with Gasteiger partial charge in [-0.05, 0) is 70.7 Å². The van der Waals surface area contributed by atoms with E-state index >= 15 is 0 Å². The van der Waals surface area contributed by atoms with Crippen LogP contribution in [0.3, 0.4) is 0 Å². The Labute approximate surface area is 283 Å². The van der Waals surface area contributed by atoms with Gasteiger partial charge < -0.3 is 11.5 Å². The van der Waals surface area contributed by atoms with Gasteiger partial charge in [-0.1, -0.05) is 158 Å². The first-order chi connectivity index (χ1) is 22.2. The van der Waals surface area contributed by atoms with Crippen molar-refractivity contribution in [2.45, 2.75) is 73.6 Å². The summed E-state index contributed by atoms with van der Waals surface area (Å²) in [6.45, 7) is 21.0. The van der Waals surface area contributed by atoms with Gasteiger partial charge in [-0.3, -0.25) is 0 Å². The molecule has 4 N–H and O–H groups in total. The molecule has 0 atom stereocenters. The summed E-state index contributed by atoms with van der Waals surface area (Å²) < 4.78 is 1.25. The minimum absolute atomic E-state index is 0.0271. The van der Waals surface area contributed by atoms with Crippen molar-refractivity contribution in [2.24, 2.45) is 5.73 Å². The van der Waals surface area contributed by atoms with Crippen LogP contribution in [0.1, 0.15) is 82.5 Å². The smallest absolute Gasteiger partial charge is 0.0581 e. The highest BCUT2D eigenvalue weighted by Gasteiger charge is 2.24. The third kappa shape index (κ3) is 10.1. The highest BCUT2D eigenvalue weighted by molar-refractivity contribution is 7.20. The zero-order chi connectivity index (χ0) is 34.1. The topological polar surface area (TPSA) is 52.0 Å². The maximum atomic E-state index is 5.90. The predicted octanol–water partition coefficient (Wildman–Crippen LogP) is 12.2. The number of hydrogen-bond donors (Lipinski definition) is 2. The van der Waals surface area contributed by atoms with E-state index in [4.69, 9.17) is 11.5 Å². The molecule has 1 aromatic heterocycles. The number of thiophene rings is 1. The Hall–Kier alpha value is -4.34. The van der Waals surface area contributed by atoms with Crippen molar-refractivity contribution in [3.05, 3.63) is 160 Å². The minimum Gasteiger partial charge on any atom is -0.405 e. The van der Waals surface area contributed by atoms with E-state index in [9.17, 15) is 0 Å². The van der Waals surface area contributed by atoms with Crippen molar-refractivity contribution in [1.29, 1.82) is 0 Å². The molecule has 3 aromatic carbocycles. The Morgan fingerprint density at radius 3 is 2.24 bits per heavy atom. The van der Waals surface area contributed by atoms with Crippen molar-refractivity contribution < 1.29 is 0 Å². The second-order valence-electron chi connectivity index (χ2n) is 11.1. The number of aryl methyl sites for hydroxylation is 1. The first kappa shape index (κ1) is 37.8. The summed E-state index contributed by atoms with van der Waals surface area (Å²) in [5, 5.41) is 1.31. The number of fused-ring (bicyclic) bond motifs is 4. The van der Waals surface area contributed by atoms with Crippen LogP contribution in [-0.2, 0) is 18.3 Å². The van der Waals surface area contributed by atoms with Crippen LogP contribution in [0.15, 0.2) is 133 Å². The van der Waals surface area contributed by atoms with Gasteiger partial charge in [0.25, 0.3) is 0 Å². The molecule has 242 valence electrons.